The second-order valence-corrected chi connectivity index (χ2v) is 6.15. The van der Waals surface area contributed by atoms with Gasteiger partial charge in [0.2, 0.25) is 11.8 Å². The molecule has 0 bridgehead atoms. The minimum absolute atomic E-state index is 0.0589. The average molecular weight is 342 g/mol. The van der Waals surface area contributed by atoms with Crippen molar-refractivity contribution in [1.29, 1.82) is 0 Å². The molecule has 1 fully saturated rings. The third-order valence-corrected chi connectivity index (χ3v) is 4.11. The molecule has 0 saturated carbocycles. The first-order valence-corrected chi connectivity index (χ1v) is 7.95. The van der Waals surface area contributed by atoms with Crippen LogP contribution in [0.15, 0.2) is 42.6 Å². The summed E-state index contributed by atoms with van der Waals surface area (Å²) in [5, 5.41) is 2.76. The number of aromatic nitrogens is 1. The number of benzene rings is 1. The van der Waals surface area contributed by atoms with Crippen LogP contribution in [0.25, 0.3) is 0 Å². The van der Waals surface area contributed by atoms with Crippen LogP contribution in [0.2, 0.25) is 0 Å². The molecule has 0 unspecified atom stereocenters. The van der Waals surface area contributed by atoms with Crippen molar-refractivity contribution in [2.45, 2.75) is 6.42 Å². The van der Waals surface area contributed by atoms with E-state index in [0.29, 0.717) is 5.69 Å². The smallest absolute Gasteiger partial charge is 0.229 e. The number of carbonyl (C=O) groups excluding carboxylic acids is 2. The van der Waals surface area contributed by atoms with Gasteiger partial charge in [-0.3, -0.25) is 9.59 Å². The lowest BCUT2D eigenvalue weighted by molar-refractivity contribution is -0.122. The molecule has 1 N–H and O–H groups in total. The highest BCUT2D eigenvalue weighted by molar-refractivity contribution is 6.03. The monoisotopic (exact) mass is 342 g/mol. The lowest BCUT2D eigenvalue weighted by atomic mass is 10.1. The number of hydrogen-bond donors (Lipinski definition) is 1. The van der Waals surface area contributed by atoms with Gasteiger partial charge in [-0.2, -0.15) is 0 Å². The summed E-state index contributed by atoms with van der Waals surface area (Å²) in [6.45, 7) is 0.162. The molecule has 1 aromatic carbocycles. The molecular weight excluding hydrogens is 323 g/mol. The molecule has 1 aliphatic rings. The van der Waals surface area contributed by atoms with E-state index in [-0.39, 0.29) is 30.5 Å². The Morgan fingerprint density at radius 3 is 2.68 bits per heavy atom. The van der Waals surface area contributed by atoms with Crippen molar-refractivity contribution in [1.82, 2.24) is 4.98 Å². The van der Waals surface area contributed by atoms with E-state index in [4.69, 9.17) is 0 Å². The van der Waals surface area contributed by atoms with Crippen molar-refractivity contribution in [2.24, 2.45) is 5.92 Å². The highest BCUT2D eigenvalue weighted by atomic mass is 19.1. The Morgan fingerprint density at radius 1 is 1.28 bits per heavy atom. The van der Waals surface area contributed by atoms with Gasteiger partial charge in [-0.15, -0.1) is 0 Å². The number of rotatable bonds is 4. The first-order valence-electron chi connectivity index (χ1n) is 7.95. The molecule has 1 aromatic heterocycles. The fourth-order valence-corrected chi connectivity index (χ4v) is 2.76. The molecule has 25 heavy (non-hydrogen) atoms. The Kier molecular flexibility index (Phi) is 4.65. The number of nitrogens with one attached hydrogen (secondary N) is 1. The predicted molar refractivity (Wildman–Crippen MR) is 94.1 cm³/mol. The van der Waals surface area contributed by atoms with E-state index in [1.165, 1.54) is 17.0 Å². The fourth-order valence-electron chi connectivity index (χ4n) is 2.76. The molecule has 2 aromatic rings. The van der Waals surface area contributed by atoms with E-state index in [2.05, 4.69) is 10.3 Å². The second kappa shape index (κ2) is 6.88. The number of pyridine rings is 1. The molecule has 1 atom stereocenters. The van der Waals surface area contributed by atoms with Crippen molar-refractivity contribution in [2.75, 3.05) is 35.8 Å². The number of nitrogens with zero attached hydrogens (tertiary/aromatic N) is 3. The summed E-state index contributed by atoms with van der Waals surface area (Å²) in [4.78, 5) is 32.0. The summed E-state index contributed by atoms with van der Waals surface area (Å²) in [6.07, 6.45) is 1.63. The van der Waals surface area contributed by atoms with Crippen molar-refractivity contribution >= 4 is 29.0 Å². The van der Waals surface area contributed by atoms with Crippen molar-refractivity contribution in [3.63, 3.8) is 0 Å². The maximum Gasteiger partial charge on any atom is 0.229 e. The number of amides is 2. The summed E-state index contributed by atoms with van der Waals surface area (Å²) in [5.74, 6) is -0.751. The highest BCUT2D eigenvalue weighted by Gasteiger charge is 2.36. The number of para-hydroxylation sites is 1. The topological polar surface area (TPSA) is 65.5 Å². The van der Waals surface area contributed by atoms with Crippen LogP contribution in [0, 0.1) is 11.7 Å². The van der Waals surface area contributed by atoms with Gasteiger partial charge in [0.05, 0.1) is 23.5 Å². The summed E-state index contributed by atoms with van der Waals surface area (Å²) < 4.78 is 13.9. The van der Waals surface area contributed by atoms with Crippen LogP contribution in [-0.2, 0) is 9.59 Å². The summed E-state index contributed by atoms with van der Waals surface area (Å²) in [5.41, 5.74) is 0.771. The minimum atomic E-state index is -0.527. The van der Waals surface area contributed by atoms with Crippen molar-refractivity contribution in [3.05, 3.63) is 48.4 Å². The largest absolute Gasteiger partial charge is 0.363 e. The zero-order valence-electron chi connectivity index (χ0n) is 14.1. The first-order chi connectivity index (χ1) is 12.0. The minimum Gasteiger partial charge on any atom is -0.363 e. The third kappa shape index (κ3) is 3.60. The zero-order valence-corrected chi connectivity index (χ0v) is 14.1. The van der Waals surface area contributed by atoms with E-state index < -0.39 is 11.7 Å². The maximum absolute atomic E-state index is 13.9. The summed E-state index contributed by atoms with van der Waals surface area (Å²) in [6, 6.07) is 9.61. The standard InChI is InChI=1S/C18H19FN4O2/c1-22(2)16-8-7-13(10-20-16)21-18(25)12-9-17(24)23(11-12)15-6-4-3-5-14(15)19/h3-8,10,12H,9,11H2,1-2H3,(H,21,25)/t12-/m1/s1. The maximum atomic E-state index is 13.9. The Labute approximate surface area is 145 Å². The molecule has 0 aliphatic carbocycles. The lowest BCUT2D eigenvalue weighted by Gasteiger charge is -2.17. The molecule has 6 nitrogen and oxygen atoms in total. The lowest BCUT2D eigenvalue weighted by Crippen LogP contribution is -2.28. The first kappa shape index (κ1) is 16.9. The average Bonchev–Trinajstić information content (AvgIpc) is 2.97. The Hall–Kier alpha value is -2.96. The van der Waals surface area contributed by atoms with Crippen LogP contribution >= 0.6 is 0 Å². The van der Waals surface area contributed by atoms with E-state index in [9.17, 15) is 14.0 Å². The SMILES string of the molecule is CN(C)c1ccc(NC(=O)[C@@H]2CC(=O)N(c3ccccc3F)C2)cn1. The van der Waals surface area contributed by atoms with Crippen LogP contribution in [-0.4, -0.2) is 37.4 Å². The Morgan fingerprint density at radius 2 is 2.04 bits per heavy atom. The summed E-state index contributed by atoms with van der Waals surface area (Å²) in [7, 11) is 3.75. The van der Waals surface area contributed by atoms with E-state index in [1.54, 1.807) is 30.5 Å². The van der Waals surface area contributed by atoms with Gasteiger partial charge < -0.3 is 15.1 Å². The third-order valence-electron chi connectivity index (χ3n) is 4.11. The number of halogens is 1. The molecule has 1 saturated heterocycles. The van der Waals surface area contributed by atoms with Gasteiger partial charge in [-0.25, -0.2) is 9.37 Å². The van der Waals surface area contributed by atoms with Gasteiger partial charge in [0.15, 0.2) is 0 Å². The van der Waals surface area contributed by atoms with Gasteiger partial charge in [-0.05, 0) is 24.3 Å². The molecule has 3 rings (SSSR count). The molecule has 0 spiro atoms. The van der Waals surface area contributed by atoms with Crippen molar-refractivity contribution < 1.29 is 14.0 Å². The van der Waals surface area contributed by atoms with E-state index >= 15 is 0 Å². The number of anilines is 3. The van der Waals surface area contributed by atoms with Gasteiger partial charge in [0.25, 0.3) is 0 Å². The molecule has 7 heteroatoms. The molecule has 2 heterocycles. The van der Waals surface area contributed by atoms with Crippen LogP contribution in [0.1, 0.15) is 6.42 Å². The number of hydrogen-bond acceptors (Lipinski definition) is 4. The Bertz CT molecular complexity index is 792. The van der Waals surface area contributed by atoms with E-state index in [1.807, 2.05) is 19.0 Å². The summed E-state index contributed by atoms with van der Waals surface area (Å²) >= 11 is 0. The molecule has 0 radical (unpaired) electrons. The fraction of sp³-hybridized carbons (Fsp3) is 0.278. The van der Waals surface area contributed by atoms with Gasteiger partial charge in [0, 0.05) is 27.1 Å². The zero-order chi connectivity index (χ0) is 18.0. The molecule has 130 valence electrons. The normalized spacial score (nSPS) is 16.8. The van der Waals surface area contributed by atoms with Gasteiger partial charge >= 0.3 is 0 Å². The van der Waals surface area contributed by atoms with Crippen molar-refractivity contribution in [3.8, 4) is 0 Å². The second-order valence-electron chi connectivity index (χ2n) is 6.15. The van der Waals surface area contributed by atoms with Crippen LogP contribution in [0.4, 0.5) is 21.6 Å². The predicted octanol–water partition coefficient (Wildman–Crippen LogP) is 2.28. The van der Waals surface area contributed by atoms with Crippen LogP contribution in [0.5, 0.6) is 0 Å². The van der Waals surface area contributed by atoms with Gasteiger partial charge in [0.1, 0.15) is 11.6 Å². The highest BCUT2D eigenvalue weighted by Crippen LogP contribution is 2.28. The Balaban J connectivity index is 1.67. The molecule has 2 amide bonds. The molecule has 1 aliphatic heterocycles. The molecular formula is C18H19FN4O2. The quantitative estimate of drug-likeness (QED) is 0.926. The van der Waals surface area contributed by atoms with Crippen LogP contribution in [0.3, 0.4) is 0 Å². The van der Waals surface area contributed by atoms with Gasteiger partial charge in [-0.1, -0.05) is 12.1 Å². The van der Waals surface area contributed by atoms with E-state index in [0.717, 1.165) is 5.82 Å². The van der Waals surface area contributed by atoms with Crippen LogP contribution < -0.4 is 15.1 Å². The number of carbonyl (C=O) groups is 2.